The lowest BCUT2D eigenvalue weighted by Crippen LogP contribution is -2.41. The summed E-state index contributed by atoms with van der Waals surface area (Å²) in [6.45, 7) is 2.79. The first-order valence-electron chi connectivity index (χ1n) is 8.59. The van der Waals surface area contributed by atoms with Crippen LogP contribution < -0.4 is 24.8 Å². The maximum atomic E-state index is 12.6. The SMILES string of the molecule is COc1ccc(S(=O)(=O)N[C@H](C)C(=O)Nc2cccc(NC(C)=O)c2)cc1OC. The average Bonchev–Trinajstić information content (AvgIpc) is 2.66. The molecule has 29 heavy (non-hydrogen) atoms. The van der Waals surface area contributed by atoms with Gasteiger partial charge in [0.1, 0.15) is 0 Å². The summed E-state index contributed by atoms with van der Waals surface area (Å²) < 4.78 is 37.7. The third-order valence-electron chi connectivity index (χ3n) is 3.84. The molecule has 2 rings (SSSR count). The highest BCUT2D eigenvalue weighted by molar-refractivity contribution is 7.89. The van der Waals surface area contributed by atoms with Crippen molar-refractivity contribution >= 4 is 33.2 Å². The number of methoxy groups -OCH3 is 2. The van der Waals surface area contributed by atoms with Crippen molar-refractivity contribution in [3.05, 3.63) is 42.5 Å². The van der Waals surface area contributed by atoms with Gasteiger partial charge in [-0.1, -0.05) is 6.07 Å². The summed E-state index contributed by atoms with van der Waals surface area (Å²) in [5.41, 5.74) is 0.923. The first-order chi connectivity index (χ1) is 13.7. The lowest BCUT2D eigenvalue weighted by Gasteiger charge is -2.16. The Morgan fingerprint density at radius 1 is 0.931 bits per heavy atom. The molecule has 10 heteroatoms. The Balaban J connectivity index is 2.11. The van der Waals surface area contributed by atoms with Gasteiger partial charge in [-0.3, -0.25) is 9.59 Å². The van der Waals surface area contributed by atoms with Crippen molar-refractivity contribution in [3.8, 4) is 11.5 Å². The lowest BCUT2D eigenvalue weighted by atomic mass is 10.2. The van der Waals surface area contributed by atoms with Crippen LogP contribution in [0.3, 0.4) is 0 Å². The Morgan fingerprint density at radius 3 is 2.14 bits per heavy atom. The molecule has 9 nitrogen and oxygen atoms in total. The number of amides is 2. The van der Waals surface area contributed by atoms with Gasteiger partial charge in [-0.25, -0.2) is 8.42 Å². The van der Waals surface area contributed by atoms with Crippen LogP contribution in [0.2, 0.25) is 0 Å². The van der Waals surface area contributed by atoms with E-state index in [4.69, 9.17) is 9.47 Å². The molecule has 0 heterocycles. The maximum Gasteiger partial charge on any atom is 0.242 e. The van der Waals surface area contributed by atoms with E-state index < -0.39 is 22.0 Å². The maximum absolute atomic E-state index is 12.6. The van der Waals surface area contributed by atoms with Gasteiger partial charge in [0.05, 0.1) is 25.2 Å². The summed E-state index contributed by atoms with van der Waals surface area (Å²) in [5, 5.41) is 5.21. The molecule has 0 unspecified atom stereocenters. The summed E-state index contributed by atoms with van der Waals surface area (Å²) in [4.78, 5) is 23.5. The fraction of sp³-hybridized carbons (Fsp3) is 0.263. The Kier molecular flexibility index (Phi) is 7.18. The van der Waals surface area contributed by atoms with E-state index in [1.54, 1.807) is 24.3 Å². The highest BCUT2D eigenvalue weighted by Gasteiger charge is 2.23. The minimum absolute atomic E-state index is 0.0672. The van der Waals surface area contributed by atoms with E-state index in [0.29, 0.717) is 17.1 Å². The van der Waals surface area contributed by atoms with Gasteiger partial charge in [0.25, 0.3) is 0 Å². The van der Waals surface area contributed by atoms with Gasteiger partial charge in [-0.15, -0.1) is 0 Å². The number of sulfonamides is 1. The third-order valence-corrected chi connectivity index (χ3v) is 5.38. The molecule has 3 N–H and O–H groups in total. The van der Waals surface area contributed by atoms with Crippen molar-refractivity contribution in [2.45, 2.75) is 24.8 Å². The predicted molar refractivity (Wildman–Crippen MR) is 109 cm³/mol. The molecule has 0 saturated carbocycles. The van der Waals surface area contributed by atoms with Crippen LogP contribution in [0.4, 0.5) is 11.4 Å². The van der Waals surface area contributed by atoms with Crippen LogP contribution in [0.5, 0.6) is 11.5 Å². The van der Waals surface area contributed by atoms with Crippen LogP contribution in [-0.4, -0.2) is 40.5 Å². The average molecular weight is 421 g/mol. The van der Waals surface area contributed by atoms with Crippen molar-refractivity contribution in [3.63, 3.8) is 0 Å². The Hall–Kier alpha value is -3.11. The summed E-state index contributed by atoms with van der Waals surface area (Å²) >= 11 is 0. The van der Waals surface area contributed by atoms with Crippen molar-refractivity contribution in [1.29, 1.82) is 0 Å². The molecule has 0 bridgehead atoms. The monoisotopic (exact) mass is 421 g/mol. The second-order valence-electron chi connectivity index (χ2n) is 6.11. The Bertz CT molecular complexity index is 1010. The fourth-order valence-corrected chi connectivity index (χ4v) is 3.68. The van der Waals surface area contributed by atoms with Crippen LogP contribution in [-0.2, 0) is 19.6 Å². The van der Waals surface area contributed by atoms with E-state index >= 15 is 0 Å². The zero-order chi connectivity index (χ0) is 21.6. The minimum atomic E-state index is -3.98. The van der Waals surface area contributed by atoms with Gasteiger partial charge in [-0.05, 0) is 37.3 Å². The van der Waals surface area contributed by atoms with Crippen LogP contribution in [0.15, 0.2) is 47.4 Å². The van der Waals surface area contributed by atoms with Gasteiger partial charge >= 0.3 is 0 Å². The molecule has 2 aromatic carbocycles. The topological polar surface area (TPSA) is 123 Å². The third kappa shape index (κ3) is 5.93. The van der Waals surface area contributed by atoms with Crippen LogP contribution >= 0.6 is 0 Å². The molecule has 0 aliphatic rings. The van der Waals surface area contributed by atoms with Gasteiger partial charge in [-0.2, -0.15) is 4.72 Å². The van der Waals surface area contributed by atoms with Crippen molar-refractivity contribution in [1.82, 2.24) is 4.72 Å². The largest absolute Gasteiger partial charge is 0.493 e. The molecule has 2 amide bonds. The molecule has 0 saturated heterocycles. The highest BCUT2D eigenvalue weighted by atomic mass is 32.2. The van der Waals surface area contributed by atoms with Gasteiger partial charge < -0.3 is 20.1 Å². The van der Waals surface area contributed by atoms with Gasteiger partial charge in [0.2, 0.25) is 21.8 Å². The molecule has 0 aliphatic heterocycles. The number of hydrogen-bond acceptors (Lipinski definition) is 6. The normalized spacial score (nSPS) is 12.0. The molecule has 0 aromatic heterocycles. The van der Waals surface area contributed by atoms with Crippen LogP contribution in [0.1, 0.15) is 13.8 Å². The summed E-state index contributed by atoms with van der Waals surface area (Å²) in [6, 6.07) is 9.57. The number of ether oxygens (including phenoxy) is 2. The molecule has 0 fully saturated rings. The van der Waals surface area contributed by atoms with Crippen molar-refractivity contribution in [2.75, 3.05) is 24.9 Å². The number of anilines is 2. The first-order valence-corrected chi connectivity index (χ1v) is 10.1. The fourth-order valence-electron chi connectivity index (χ4n) is 2.47. The molecular weight excluding hydrogens is 398 g/mol. The molecule has 0 radical (unpaired) electrons. The standard InChI is InChI=1S/C19H23N3O6S/c1-12(19(24)21-15-7-5-6-14(10-15)20-13(2)23)22-29(25,26)16-8-9-17(27-3)18(11-16)28-4/h5-12,22H,1-4H3,(H,20,23)(H,21,24)/t12-/m1/s1. The zero-order valence-corrected chi connectivity index (χ0v) is 17.3. The highest BCUT2D eigenvalue weighted by Crippen LogP contribution is 2.29. The Morgan fingerprint density at radius 2 is 1.55 bits per heavy atom. The summed E-state index contributed by atoms with van der Waals surface area (Å²) in [5.74, 6) is -0.169. The number of hydrogen-bond donors (Lipinski definition) is 3. The molecular formula is C19H23N3O6S. The summed E-state index contributed by atoms with van der Waals surface area (Å²) in [6.07, 6.45) is 0. The zero-order valence-electron chi connectivity index (χ0n) is 16.5. The molecule has 0 spiro atoms. The lowest BCUT2D eigenvalue weighted by molar-refractivity contribution is -0.117. The quantitative estimate of drug-likeness (QED) is 0.599. The molecule has 0 aliphatic carbocycles. The number of carbonyl (C=O) groups excluding carboxylic acids is 2. The second kappa shape index (κ2) is 9.39. The van der Waals surface area contributed by atoms with E-state index in [2.05, 4.69) is 15.4 Å². The van der Waals surface area contributed by atoms with E-state index in [1.165, 1.54) is 46.3 Å². The number of nitrogens with one attached hydrogen (secondary N) is 3. The molecule has 1 atom stereocenters. The van der Waals surface area contributed by atoms with Gasteiger partial charge in [0.15, 0.2) is 11.5 Å². The minimum Gasteiger partial charge on any atom is -0.493 e. The second-order valence-corrected chi connectivity index (χ2v) is 7.82. The van der Waals surface area contributed by atoms with E-state index in [1.807, 2.05) is 0 Å². The molecule has 156 valence electrons. The first kappa shape index (κ1) is 22.2. The Labute approximate surface area is 169 Å². The smallest absolute Gasteiger partial charge is 0.242 e. The summed E-state index contributed by atoms with van der Waals surface area (Å²) in [7, 11) is -1.14. The van der Waals surface area contributed by atoms with Crippen LogP contribution in [0.25, 0.3) is 0 Å². The molecule has 2 aromatic rings. The number of rotatable bonds is 8. The number of carbonyl (C=O) groups is 2. The van der Waals surface area contributed by atoms with Crippen molar-refractivity contribution < 1.29 is 27.5 Å². The van der Waals surface area contributed by atoms with Crippen LogP contribution in [0, 0.1) is 0 Å². The predicted octanol–water partition coefficient (Wildman–Crippen LogP) is 1.97. The van der Waals surface area contributed by atoms with Crippen molar-refractivity contribution in [2.24, 2.45) is 0 Å². The van der Waals surface area contributed by atoms with E-state index in [9.17, 15) is 18.0 Å². The van der Waals surface area contributed by atoms with E-state index in [0.717, 1.165) is 0 Å². The number of benzene rings is 2. The van der Waals surface area contributed by atoms with E-state index in [-0.39, 0.29) is 16.6 Å². The van der Waals surface area contributed by atoms with Gasteiger partial charge in [0, 0.05) is 24.4 Å².